The molecule has 0 spiro atoms. The molecule has 5 unspecified atom stereocenters. The van der Waals surface area contributed by atoms with Gasteiger partial charge in [-0.1, -0.05) is 30.3 Å². The quantitative estimate of drug-likeness (QED) is 0.148. The van der Waals surface area contributed by atoms with Gasteiger partial charge in [-0.3, -0.25) is 14.4 Å². The molecule has 13 heteroatoms. The summed E-state index contributed by atoms with van der Waals surface area (Å²) in [6.07, 6.45) is 1.74. The molecule has 3 amide bonds. The lowest BCUT2D eigenvalue weighted by atomic mass is 10.0. The van der Waals surface area contributed by atoms with Crippen LogP contribution >= 0.6 is 0 Å². The third-order valence-corrected chi connectivity index (χ3v) is 5.11. The second kappa shape index (κ2) is 13.2. The van der Waals surface area contributed by atoms with Gasteiger partial charge in [0.25, 0.3) is 0 Å². The van der Waals surface area contributed by atoms with Crippen molar-refractivity contribution in [2.45, 2.75) is 50.0 Å². The van der Waals surface area contributed by atoms with E-state index in [0.29, 0.717) is 11.3 Å². The van der Waals surface area contributed by atoms with Crippen molar-refractivity contribution in [1.82, 2.24) is 25.9 Å². The van der Waals surface area contributed by atoms with Gasteiger partial charge in [-0.2, -0.15) is 0 Å². The maximum absolute atomic E-state index is 13.1. The number of imidazole rings is 1. The second-order valence-corrected chi connectivity index (χ2v) is 7.95. The van der Waals surface area contributed by atoms with Gasteiger partial charge in [0.05, 0.1) is 25.1 Å². The van der Waals surface area contributed by atoms with Crippen molar-refractivity contribution in [1.29, 1.82) is 0 Å². The van der Waals surface area contributed by atoms with Crippen LogP contribution in [0.3, 0.4) is 0 Å². The van der Waals surface area contributed by atoms with Gasteiger partial charge in [-0.25, -0.2) is 9.78 Å². The maximum Gasteiger partial charge on any atom is 0.328 e. The SMILES string of the molecule is CC(O)C(NC(=O)C(Cc1ccccc1)NC(=O)C(N)Cc1cnc[nH]1)C(=O)NC(CO)C(=O)O. The van der Waals surface area contributed by atoms with Crippen LogP contribution in [0.1, 0.15) is 18.2 Å². The van der Waals surface area contributed by atoms with E-state index in [2.05, 4.69) is 20.6 Å². The minimum Gasteiger partial charge on any atom is -0.480 e. The lowest BCUT2D eigenvalue weighted by Gasteiger charge is -2.26. The smallest absolute Gasteiger partial charge is 0.328 e. The van der Waals surface area contributed by atoms with Gasteiger partial charge >= 0.3 is 5.97 Å². The molecule has 2 rings (SSSR count). The summed E-state index contributed by atoms with van der Waals surface area (Å²) in [5, 5.41) is 35.2. The molecule has 190 valence electrons. The maximum atomic E-state index is 13.1. The molecule has 5 atom stereocenters. The van der Waals surface area contributed by atoms with Gasteiger partial charge in [0, 0.05) is 24.7 Å². The lowest BCUT2D eigenvalue weighted by molar-refractivity contribution is -0.144. The fourth-order valence-corrected chi connectivity index (χ4v) is 3.17. The predicted octanol–water partition coefficient (Wildman–Crippen LogP) is -2.57. The van der Waals surface area contributed by atoms with Crippen LogP contribution in [0.4, 0.5) is 0 Å². The van der Waals surface area contributed by atoms with Crippen LogP contribution in [0.2, 0.25) is 0 Å². The summed E-state index contributed by atoms with van der Waals surface area (Å²) in [6, 6.07) is 3.43. The molecular weight excluding hydrogens is 460 g/mol. The molecule has 0 fully saturated rings. The molecule has 0 saturated carbocycles. The first-order valence-electron chi connectivity index (χ1n) is 10.8. The fourth-order valence-electron chi connectivity index (χ4n) is 3.17. The van der Waals surface area contributed by atoms with Crippen LogP contribution < -0.4 is 21.7 Å². The first-order chi connectivity index (χ1) is 16.6. The highest BCUT2D eigenvalue weighted by molar-refractivity contribution is 5.94. The van der Waals surface area contributed by atoms with Crippen molar-refractivity contribution in [3.63, 3.8) is 0 Å². The number of carbonyl (C=O) groups is 4. The number of aliphatic hydroxyl groups excluding tert-OH is 2. The molecule has 0 saturated heterocycles. The van der Waals surface area contributed by atoms with Crippen molar-refractivity contribution in [3.8, 4) is 0 Å². The number of nitrogens with zero attached hydrogens (tertiary/aromatic N) is 1. The van der Waals surface area contributed by atoms with E-state index in [0.717, 1.165) is 0 Å². The molecule has 1 aromatic heterocycles. The number of rotatable bonds is 13. The fraction of sp³-hybridized carbons (Fsp3) is 0.409. The van der Waals surface area contributed by atoms with E-state index in [1.54, 1.807) is 30.3 Å². The zero-order valence-electron chi connectivity index (χ0n) is 19.0. The second-order valence-electron chi connectivity index (χ2n) is 7.95. The Morgan fingerprint density at radius 1 is 1.00 bits per heavy atom. The molecule has 2 aromatic rings. The van der Waals surface area contributed by atoms with Crippen LogP contribution in [-0.2, 0) is 32.0 Å². The molecule has 1 aromatic carbocycles. The molecule has 0 bridgehead atoms. The standard InChI is InChI=1S/C22H30N6O7/c1-12(30)18(21(33)27-17(10-29)22(34)35)28-20(32)16(7-13-5-3-2-4-6-13)26-19(31)15(23)8-14-9-24-11-25-14/h2-6,9,11-12,15-18,29-30H,7-8,10,23H2,1H3,(H,24,25)(H,26,31)(H,27,33)(H,28,32)(H,34,35). The predicted molar refractivity (Wildman–Crippen MR) is 123 cm³/mol. The van der Waals surface area contributed by atoms with Gasteiger partial charge in [-0.05, 0) is 12.5 Å². The highest BCUT2D eigenvalue weighted by Crippen LogP contribution is 2.06. The molecule has 13 nitrogen and oxygen atoms in total. The minimum atomic E-state index is -1.62. The number of aromatic amines is 1. The lowest BCUT2D eigenvalue weighted by Crippen LogP contribution is -2.60. The Morgan fingerprint density at radius 2 is 1.66 bits per heavy atom. The number of aliphatic hydroxyl groups is 2. The van der Waals surface area contributed by atoms with Crippen molar-refractivity contribution >= 4 is 23.7 Å². The number of nitrogens with one attached hydrogen (secondary N) is 4. The van der Waals surface area contributed by atoms with E-state index in [9.17, 15) is 24.3 Å². The largest absolute Gasteiger partial charge is 0.480 e. The van der Waals surface area contributed by atoms with Crippen LogP contribution in [0, 0.1) is 0 Å². The molecule has 0 radical (unpaired) electrons. The zero-order valence-corrected chi connectivity index (χ0v) is 19.0. The summed E-state index contributed by atoms with van der Waals surface area (Å²) in [5.74, 6) is -3.93. The van der Waals surface area contributed by atoms with E-state index in [4.69, 9.17) is 15.9 Å². The molecular formula is C22H30N6O7. The van der Waals surface area contributed by atoms with Crippen molar-refractivity contribution < 1.29 is 34.5 Å². The van der Waals surface area contributed by atoms with Crippen molar-refractivity contribution in [2.24, 2.45) is 5.73 Å². The summed E-state index contributed by atoms with van der Waals surface area (Å²) in [4.78, 5) is 56.1. The highest BCUT2D eigenvalue weighted by Gasteiger charge is 2.32. The number of aromatic nitrogens is 2. The molecule has 1 heterocycles. The zero-order chi connectivity index (χ0) is 26.0. The summed E-state index contributed by atoms with van der Waals surface area (Å²) < 4.78 is 0. The molecule has 0 aliphatic rings. The molecule has 0 aliphatic carbocycles. The first kappa shape index (κ1) is 27.4. The molecule has 35 heavy (non-hydrogen) atoms. The van der Waals surface area contributed by atoms with E-state index in [1.807, 2.05) is 5.32 Å². The van der Waals surface area contributed by atoms with Gasteiger partial charge in [0.1, 0.15) is 18.1 Å². The van der Waals surface area contributed by atoms with Gasteiger partial charge in [0.2, 0.25) is 17.7 Å². The van der Waals surface area contributed by atoms with Crippen molar-refractivity contribution in [2.75, 3.05) is 6.61 Å². The number of carboxylic acid groups (broad SMARTS) is 1. The number of nitrogens with two attached hydrogens (primary N) is 1. The third kappa shape index (κ3) is 8.48. The number of benzene rings is 1. The van der Waals surface area contributed by atoms with Gasteiger partial charge in [-0.15, -0.1) is 0 Å². The summed E-state index contributed by atoms with van der Waals surface area (Å²) in [5.41, 5.74) is 7.30. The Balaban J connectivity index is 2.16. The normalized spacial score (nSPS) is 15.2. The van der Waals surface area contributed by atoms with Gasteiger partial charge in [0.15, 0.2) is 0 Å². The molecule has 0 aliphatic heterocycles. The number of carboxylic acids is 1. The average Bonchev–Trinajstić information content (AvgIpc) is 3.33. The Labute approximate surface area is 201 Å². The first-order valence-corrected chi connectivity index (χ1v) is 10.8. The number of H-pyrrole nitrogens is 1. The number of hydrogen-bond acceptors (Lipinski definition) is 8. The number of aliphatic carboxylic acids is 1. The average molecular weight is 491 g/mol. The molecule has 9 N–H and O–H groups in total. The minimum absolute atomic E-state index is 0.0533. The summed E-state index contributed by atoms with van der Waals surface area (Å²) in [6.45, 7) is 0.340. The van der Waals surface area contributed by atoms with E-state index >= 15 is 0 Å². The van der Waals surface area contributed by atoms with Crippen LogP contribution in [0.15, 0.2) is 42.9 Å². The summed E-state index contributed by atoms with van der Waals surface area (Å²) in [7, 11) is 0. The van der Waals surface area contributed by atoms with Gasteiger partial charge < -0.3 is 42.0 Å². The number of amides is 3. The van der Waals surface area contributed by atoms with E-state index in [-0.39, 0.29) is 12.8 Å². The monoisotopic (exact) mass is 490 g/mol. The number of carbonyl (C=O) groups excluding carboxylic acids is 3. The number of hydrogen-bond donors (Lipinski definition) is 8. The Kier molecular flexibility index (Phi) is 10.3. The van der Waals surface area contributed by atoms with E-state index in [1.165, 1.54) is 19.4 Å². The third-order valence-electron chi connectivity index (χ3n) is 5.11. The van der Waals surface area contributed by atoms with Crippen LogP contribution in [0.25, 0.3) is 0 Å². The highest BCUT2D eigenvalue weighted by atomic mass is 16.4. The van der Waals surface area contributed by atoms with Crippen molar-refractivity contribution in [3.05, 3.63) is 54.1 Å². The topological polar surface area (TPSA) is 220 Å². The Bertz CT molecular complexity index is 983. The van der Waals surface area contributed by atoms with E-state index < -0.39 is 60.6 Å². The Hall–Kier alpha value is -3.81. The van der Waals surface area contributed by atoms with Crippen LogP contribution in [-0.4, -0.2) is 85.9 Å². The Morgan fingerprint density at radius 3 is 2.20 bits per heavy atom. The summed E-state index contributed by atoms with van der Waals surface area (Å²) >= 11 is 0. The van der Waals surface area contributed by atoms with Crippen LogP contribution in [0.5, 0.6) is 0 Å².